The molecule has 0 atom stereocenters. The molecule has 1 aliphatic rings. The van der Waals surface area contributed by atoms with Crippen LogP contribution in [0.4, 0.5) is 28.1 Å². The molecule has 1 saturated heterocycles. The fourth-order valence-electron chi connectivity index (χ4n) is 3.19. The number of anilines is 5. The summed E-state index contributed by atoms with van der Waals surface area (Å²) in [5, 5.41) is 6.39. The molecule has 0 unspecified atom stereocenters. The van der Waals surface area contributed by atoms with Crippen LogP contribution in [0.15, 0.2) is 41.9 Å². The van der Waals surface area contributed by atoms with Crippen molar-refractivity contribution >= 4 is 57.0 Å². The van der Waals surface area contributed by atoms with Crippen molar-refractivity contribution < 1.29 is 9.53 Å². The number of thiophene rings is 1. The van der Waals surface area contributed by atoms with E-state index in [0.29, 0.717) is 16.8 Å². The lowest BCUT2D eigenvalue weighted by Gasteiger charge is -2.28. The van der Waals surface area contributed by atoms with E-state index in [9.17, 15) is 4.79 Å². The van der Waals surface area contributed by atoms with Gasteiger partial charge in [0.25, 0.3) is 5.91 Å². The molecular formula is C20H21ClN6O2S. The predicted molar refractivity (Wildman–Crippen MR) is 121 cm³/mol. The van der Waals surface area contributed by atoms with E-state index in [1.165, 1.54) is 17.5 Å². The number of amides is 1. The minimum absolute atomic E-state index is 0.218. The van der Waals surface area contributed by atoms with Crippen molar-refractivity contribution in [2.45, 2.75) is 0 Å². The lowest BCUT2D eigenvalue weighted by Crippen LogP contribution is -2.36. The molecule has 0 aliphatic carbocycles. The van der Waals surface area contributed by atoms with Crippen molar-refractivity contribution in [2.75, 3.05) is 48.5 Å². The molecule has 2 aromatic heterocycles. The third kappa shape index (κ3) is 4.33. The first-order valence-corrected chi connectivity index (χ1v) is 10.6. The van der Waals surface area contributed by atoms with E-state index < -0.39 is 5.91 Å². The monoisotopic (exact) mass is 444 g/mol. The summed E-state index contributed by atoms with van der Waals surface area (Å²) in [6.45, 7) is 3.24. The molecule has 1 aromatic carbocycles. The second-order valence-corrected chi connectivity index (χ2v) is 8.00. The number of ether oxygens (including phenoxy) is 1. The number of nitrogens with two attached hydrogens (primary N) is 1. The van der Waals surface area contributed by atoms with Crippen LogP contribution in [0.5, 0.6) is 0 Å². The van der Waals surface area contributed by atoms with Crippen LogP contribution < -0.4 is 20.9 Å². The number of halogens is 1. The number of rotatable bonds is 6. The maximum Gasteiger partial charge on any atom is 0.254 e. The molecule has 0 spiro atoms. The van der Waals surface area contributed by atoms with E-state index in [0.717, 1.165) is 42.7 Å². The molecule has 3 heterocycles. The Morgan fingerprint density at radius 2 is 2.00 bits per heavy atom. The maximum atomic E-state index is 11.9. The van der Waals surface area contributed by atoms with E-state index in [1.54, 1.807) is 18.0 Å². The molecule has 8 nitrogen and oxygen atoms in total. The average Bonchev–Trinajstić information content (AvgIpc) is 3.20. The van der Waals surface area contributed by atoms with Gasteiger partial charge in [0.1, 0.15) is 10.6 Å². The lowest BCUT2D eigenvalue weighted by molar-refractivity contribution is 0.1000. The van der Waals surface area contributed by atoms with E-state index in [1.807, 2.05) is 29.6 Å². The molecule has 0 saturated carbocycles. The molecule has 10 heteroatoms. The molecule has 4 rings (SSSR count). The molecule has 3 aromatic rings. The van der Waals surface area contributed by atoms with Gasteiger partial charge in [-0.15, -0.1) is 11.3 Å². The number of aromatic nitrogens is 2. The van der Waals surface area contributed by atoms with Crippen LogP contribution in [0, 0.1) is 0 Å². The van der Waals surface area contributed by atoms with E-state index in [4.69, 9.17) is 22.1 Å². The van der Waals surface area contributed by atoms with Crippen molar-refractivity contribution in [1.29, 1.82) is 0 Å². The van der Waals surface area contributed by atoms with Crippen LogP contribution in [0.2, 0.25) is 5.02 Å². The van der Waals surface area contributed by atoms with Crippen LogP contribution >= 0.6 is 22.9 Å². The molecule has 1 amide bonds. The summed E-state index contributed by atoms with van der Waals surface area (Å²) in [6.07, 6.45) is 1.42. The number of morpholine rings is 1. The van der Waals surface area contributed by atoms with Gasteiger partial charge in [-0.25, -0.2) is 4.98 Å². The van der Waals surface area contributed by atoms with Crippen molar-refractivity contribution in [3.05, 3.63) is 52.5 Å². The highest BCUT2D eigenvalue weighted by molar-refractivity contribution is 7.15. The zero-order valence-corrected chi connectivity index (χ0v) is 17.9. The van der Waals surface area contributed by atoms with Gasteiger partial charge in [0.05, 0.1) is 18.2 Å². The quantitative estimate of drug-likeness (QED) is 0.599. The molecule has 3 N–H and O–H groups in total. The number of nitrogens with zero attached hydrogens (tertiary/aromatic N) is 4. The Hall–Kier alpha value is -2.88. The van der Waals surface area contributed by atoms with Crippen LogP contribution in [-0.2, 0) is 4.74 Å². The third-order valence-electron chi connectivity index (χ3n) is 4.75. The second-order valence-electron chi connectivity index (χ2n) is 6.70. The summed E-state index contributed by atoms with van der Waals surface area (Å²) in [4.78, 5) is 24.7. The number of carbonyl (C=O) groups excluding carboxylic acids is 1. The Morgan fingerprint density at radius 3 is 2.63 bits per heavy atom. The number of nitrogens with one attached hydrogen (secondary N) is 1. The molecule has 1 aliphatic heterocycles. The van der Waals surface area contributed by atoms with Gasteiger partial charge in [-0.3, -0.25) is 4.79 Å². The Bertz CT molecular complexity index is 1040. The SMILES string of the molecule is CN(c1nc(Nc2ccc(N3CCOCC3)cc2)ncc1C(N)=O)c1sccc1Cl. The Labute approximate surface area is 183 Å². The molecule has 30 heavy (non-hydrogen) atoms. The number of hydrogen-bond donors (Lipinski definition) is 2. The summed E-state index contributed by atoms with van der Waals surface area (Å²) in [5.74, 6) is 0.133. The first kappa shape index (κ1) is 20.4. The maximum absolute atomic E-state index is 11.9. The zero-order chi connectivity index (χ0) is 21.1. The minimum atomic E-state index is -0.606. The number of benzene rings is 1. The minimum Gasteiger partial charge on any atom is -0.378 e. The molecule has 1 fully saturated rings. The van der Waals surface area contributed by atoms with E-state index in [-0.39, 0.29) is 5.56 Å². The van der Waals surface area contributed by atoms with Gasteiger partial charge in [0.15, 0.2) is 5.82 Å². The Kier molecular flexibility index (Phi) is 6.03. The zero-order valence-electron chi connectivity index (χ0n) is 16.3. The molecule has 0 bridgehead atoms. The summed E-state index contributed by atoms with van der Waals surface area (Å²) >= 11 is 7.69. The van der Waals surface area contributed by atoms with Crippen LogP contribution in [0.3, 0.4) is 0 Å². The lowest BCUT2D eigenvalue weighted by atomic mass is 10.2. The summed E-state index contributed by atoms with van der Waals surface area (Å²) < 4.78 is 5.40. The summed E-state index contributed by atoms with van der Waals surface area (Å²) in [7, 11) is 1.79. The highest BCUT2D eigenvalue weighted by atomic mass is 35.5. The van der Waals surface area contributed by atoms with Gasteiger partial charge in [0, 0.05) is 37.7 Å². The van der Waals surface area contributed by atoms with Gasteiger partial charge in [-0.05, 0) is 35.7 Å². The topological polar surface area (TPSA) is 96.6 Å². The standard InChI is InChI=1S/C20H21ClN6O2S/c1-26(19-16(21)6-11-30-19)18-15(17(22)28)12-23-20(25-18)24-13-2-4-14(5-3-13)27-7-9-29-10-8-27/h2-6,11-12H,7-10H2,1H3,(H2,22,28)(H,23,24,25). The van der Waals surface area contributed by atoms with E-state index in [2.05, 4.69) is 20.2 Å². The van der Waals surface area contributed by atoms with Crippen LogP contribution in [0.25, 0.3) is 0 Å². The number of primary amides is 1. The number of carbonyl (C=O) groups is 1. The smallest absolute Gasteiger partial charge is 0.254 e. The van der Waals surface area contributed by atoms with Crippen molar-refractivity contribution in [3.63, 3.8) is 0 Å². The Balaban J connectivity index is 1.57. The first-order chi connectivity index (χ1) is 14.5. The summed E-state index contributed by atoms with van der Waals surface area (Å²) in [6, 6.07) is 9.82. The van der Waals surface area contributed by atoms with Crippen LogP contribution in [-0.4, -0.2) is 49.2 Å². The van der Waals surface area contributed by atoms with Gasteiger partial charge >= 0.3 is 0 Å². The van der Waals surface area contributed by atoms with Gasteiger partial charge in [-0.2, -0.15) is 4.98 Å². The predicted octanol–water partition coefficient (Wildman–Crippen LogP) is 3.64. The largest absolute Gasteiger partial charge is 0.378 e. The highest BCUT2D eigenvalue weighted by Crippen LogP contribution is 2.36. The molecular weight excluding hydrogens is 424 g/mol. The Morgan fingerprint density at radius 1 is 1.27 bits per heavy atom. The summed E-state index contributed by atoms with van der Waals surface area (Å²) in [5.41, 5.74) is 7.72. The van der Waals surface area contributed by atoms with Crippen LogP contribution in [0.1, 0.15) is 10.4 Å². The normalized spacial score (nSPS) is 13.9. The fraction of sp³-hybridized carbons (Fsp3) is 0.250. The first-order valence-electron chi connectivity index (χ1n) is 9.36. The fourth-order valence-corrected chi connectivity index (χ4v) is 4.35. The number of hydrogen-bond acceptors (Lipinski definition) is 8. The van der Waals surface area contributed by atoms with Gasteiger partial charge in [0.2, 0.25) is 5.95 Å². The van der Waals surface area contributed by atoms with Crippen molar-refractivity contribution in [1.82, 2.24) is 9.97 Å². The highest BCUT2D eigenvalue weighted by Gasteiger charge is 2.19. The second kappa shape index (κ2) is 8.86. The third-order valence-corrected chi connectivity index (χ3v) is 6.16. The van der Waals surface area contributed by atoms with Gasteiger partial charge in [-0.1, -0.05) is 11.6 Å². The van der Waals surface area contributed by atoms with Crippen molar-refractivity contribution in [2.24, 2.45) is 5.73 Å². The van der Waals surface area contributed by atoms with Gasteiger partial charge < -0.3 is 25.6 Å². The molecule has 156 valence electrons. The molecule has 0 radical (unpaired) electrons. The van der Waals surface area contributed by atoms with E-state index >= 15 is 0 Å². The average molecular weight is 445 g/mol. The van der Waals surface area contributed by atoms with Crippen molar-refractivity contribution in [3.8, 4) is 0 Å².